The summed E-state index contributed by atoms with van der Waals surface area (Å²) >= 11 is 0. The second-order valence-electron chi connectivity index (χ2n) is 10.9. The van der Waals surface area contributed by atoms with E-state index >= 15 is 0 Å². The molecule has 0 N–H and O–H groups in total. The molecule has 5 rings (SSSR count). The number of hydrogen-bond acceptors (Lipinski definition) is 3. The van der Waals surface area contributed by atoms with Crippen molar-refractivity contribution in [3.63, 3.8) is 0 Å². The van der Waals surface area contributed by atoms with Crippen LogP contribution in [0.25, 0.3) is 10.9 Å². The molecule has 5 heteroatoms. The van der Waals surface area contributed by atoms with E-state index in [4.69, 9.17) is 0 Å². The summed E-state index contributed by atoms with van der Waals surface area (Å²) in [6.07, 6.45) is 2.84. The first-order valence-corrected chi connectivity index (χ1v) is 12.5. The van der Waals surface area contributed by atoms with E-state index in [1.807, 2.05) is 61.5 Å². The highest BCUT2D eigenvalue weighted by atomic mass is 16.2. The average molecular weight is 481 g/mol. The van der Waals surface area contributed by atoms with Crippen molar-refractivity contribution in [1.82, 2.24) is 9.47 Å². The van der Waals surface area contributed by atoms with Crippen molar-refractivity contribution in [2.75, 3.05) is 0 Å². The third kappa shape index (κ3) is 4.23. The van der Waals surface area contributed by atoms with E-state index in [1.54, 1.807) is 15.5 Å². The van der Waals surface area contributed by atoms with E-state index in [0.29, 0.717) is 37.1 Å². The first kappa shape index (κ1) is 24.0. The third-order valence-corrected chi connectivity index (χ3v) is 7.40. The molecule has 184 valence electrons. The Morgan fingerprint density at radius 1 is 1.03 bits per heavy atom. The van der Waals surface area contributed by atoms with Gasteiger partial charge in [-0.1, -0.05) is 61.9 Å². The van der Waals surface area contributed by atoms with Gasteiger partial charge in [0.15, 0.2) is 5.78 Å². The lowest BCUT2D eigenvalue weighted by Gasteiger charge is -2.43. The number of nitrogens with zero attached hydrogens (tertiary/aromatic N) is 2. The molecular formula is C31H32N2O3. The Bertz CT molecular complexity index is 1480. The normalized spacial score (nSPS) is 19.5. The zero-order valence-corrected chi connectivity index (χ0v) is 21.2. The Morgan fingerprint density at radius 3 is 2.50 bits per heavy atom. The van der Waals surface area contributed by atoms with Gasteiger partial charge in [0.1, 0.15) is 0 Å². The number of rotatable bonds is 5. The summed E-state index contributed by atoms with van der Waals surface area (Å²) in [5.41, 5.74) is 4.44. The standard InChI is InChI=1S/C31H32N2O3/c1-5-13-32-25-12-11-20(2)14-22(25)15-24(30(32)36)23-16-28(35)33(19-21-9-7-6-8-10-21)26-17-31(3,4)18-27(34)29(23)26/h5-12,14-15,23H,1,13,16-19H2,2-4H3. The zero-order chi connectivity index (χ0) is 25.6. The Kier molecular flexibility index (Phi) is 6.03. The average Bonchev–Trinajstić information content (AvgIpc) is 2.82. The van der Waals surface area contributed by atoms with Gasteiger partial charge in [-0.15, -0.1) is 6.58 Å². The maximum atomic E-state index is 13.8. The van der Waals surface area contributed by atoms with Crippen molar-refractivity contribution in [1.29, 1.82) is 0 Å². The van der Waals surface area contributed by atoms with Crippen LogP contribution in [0, 0.1) is 12.3 Å². The number of amides is 1. The van der Waals surface area contributed by atoms with Crippen LogP contribution in [0.2, 0.25) is 0 Å². The molecule has 5 nitrogen and oxygen atoms in total. The second-order valence-corrected chi connectivity index (χ2v) is 10.9. The number of aromatic nitrogens is 1. The number of ketones is 1. The first-order valence-electron chi connectivity index (χ1n) is 12.5. The summed E-state index contributed by atoms with van der Waals surface area (Å²) < 4.78 is 1.70. The Morgan fingerprint density at radius 2 is 1.78 bits per heavy atom. The number of allylic oxidation sites excluding steroid dienone is 3. The fraction of sp³-hybridized carbons (Fsp3) is 0.323. The quantitative estimate of drug-likeness (QED) is 0.443. The molecular weight excluding hydrogens is 448 g/mol. The van der Waals surface area contributed by atoms with E-state index in [1.165, 1.54) is 0 Å². The summed E-state index contributed by atoms with van der Waals surface area (Å²) in [6.45, 7) is 10.8. The molecule has 0 saturated carbocycles. The summed E-state index contributed by atoms with van der Waals surface area (Å²) in [6, 6.07) is 17.7. The van der Waals surface area contributed by atoms with Crippen LogP contribution >= 0.6 is 0 Å². The van der Waals surface area contributed by atoms with Crippen LogP contribution in [-0.2, 0) is 22.7 Å². The number of carbonyl (C=O) groups is 2. The van der Waals surface area contributed by atoms with Crippen LogP contribution in [0.3, 0.4) is 0 Å². The van der Waals surface area contributed by atoms with Gasteiger partial charge in [0.05, 0.1) is 12.1 Å². The maximum Gasteiger partial charge on any atom is 0.255 e. The fourth-order valence-electron chi connectivity index (χ4n) is 5.78. The van der Waals surface area contributed by atoms with Gasteiger partial charge >= 0.3 is 0 Å². The first-order chi connectivity index (χ1) is 17.2. The molecule has 1 aromatic heterocycles. The third-order valence-electron chi connectivity index (χ3n) is 7.40. The number of pyridine rings is 1. The monoisotopic (exact) mass is 480 g/mol. The predicted molar refractivity (Wildman–Crippen MR) is 143 cm³/mol. The molecule has 3 aromatic rings. The Balaban J connectivity index is 1.71. The minimum absolute atomic E-state index is 0.0378. The molecule has 2 aromatic carbocycles. The van der Waals surface area contributed by atoms with Crippen molar-refractivity contribution in [2.45, 2.75) is 59.0 Å². The molecule has 36 heavy (non-hydrogen) atoms. The topological polar surface area (TPSA) is 59.4 Å². The molecule has 1 unspecified atom stereocenters. The molecule has 0 radical (unpaired) electrons. The van der Waals surface area contributed by atoms with Crippen molar-refractivity contribution in [2.24, 2.45) is 5.41 Å². The lowest BCUT2D eigenvalue weighted by Crippen LogP contribution is -2.44. The highest BCUT2D eigenvalue weighted by Gasteiger charge is 2.44. The summed E-state index contributed by atoms with van der Waals surface area (Å²) in [7, 11) is 0. The van der Waals surface area contributed by atoms with Gasteiger partial charge in [-0.05, 0) is 47.9 Å². The number of carbonyl (C=O) groups excluding carboxylic acids is 2. The molecule has 0 spiro atoms. The van der Waals surface area contributed by atoms with Crippen LogP contribution in [0.15, 0.2) is 83.3 Å². The molecule has 2 heterocycles. The zero-order valence-electron chi connectivity index (χ0n) is 21.2. The Hall–Kier alpha value is -3.73. The summed E-state index contributed by atoms with van der Waals surface area (Å²) in [4.78, 5) is 42.9. The van der Waals surface area contributed by atoms with E-state index in [9.17, 15) is 14.4 Å². The predicted octanol–water partition coefficient (Wildman–Crippen LogP) is 5.66. The highest BCUT2D eigenvalue weighted by Crippen LogP contribution is 2.47. The molecule has 1 atom stereocenters. The fourth-order valence-corrected chi connectivity index (χ4v) is 5.78. The van der Waals surface area contributed by atoms with Crippen molar-refractivity contribution < 1.29 is 9.59 Å². The minimum atomic E-state index is -0.545. The van der Waals surface area contributed by atoms with Gasteiger partial charge in [0.25, 0.3) is 5.56 Å². The van der Waals surface area contributed by atoms with E-state index < -0.39 is 5.92 Å². The number of fused-ring (bicyclic) bond motifs is 1. The van der Waals surface area contributed by atoms with Gasteiger partial charge in [0, 0.05) is 42.1 Å². The van der Waals surface area contributed by atoms with Crippen molar-refractivity contribution in [3.05, 3.63) is 106 Å². The van der Waals surface area contributed by atoms with Crippen LogP contribution in [0.4, 0.5) is 0 Å². The number of aryl methyl sites for hydroxylation is 1. The lowest BCUT2D eigenvalue weighted by atomic mass is 9.69. The smallest absolute Gasteiger partial charge is 0.255 e. The maximum absolute atomic E-state index is 13.8. The van der Waals surface area contributed by atoms with Crippen LogP contribution in [0.5, 0.6) is 0 Å². The van der Waals surface area contributed by atoms with Gasteiger partial charge < -0.3 is 9.47 Å². The van der Waals surface area contributed by atoms with Gasteiger partial charge in [-0.2, -0.15) is 0 Å². The number of hydrogen-bond donors (Lipinski definition) is 0. The highest BCUT2D eigenvalue weighted by molar-refractivity contribution is 6.02. The van der Waals surface area contributed by atoms with Crippen LogP contribution in [0.1, 0.15) is 55.7 Å². The molecule has 1 amide bonds. The Labute approximate surface area is 211 Å². The number of benzene rings is 2. The molecule has 0 bridgehead atoms. The second kappa shape index (κ2) is 9.05. The minimum Gasteiger partial charge on any atom is -0.311 e. The van der Waals surface area contributed by atoms with Crippen LogP contribution < -0.4 is 5.56 Å². The van der Waals surface area contributed by atoms with E-state index in [2.05, 4.69) is 20.4 Å². The van der Waals surface area contributed by atoms with Crippen molar-refractivity contribution >= 4 is 22.6 Å². The van der Waals surface area contributed by atoms with Crippen LogP contribution in [-0.4, -0.2) is 21.2 Å². The SMILES string of the molecule is C=CCn1c(=O)c(C2CC(=O)N(Cc3ccccc3)C3=C2C(=O)CC(C)(C)C3)cc2cc(C)ccc21. The van der Waals surface area contributed by atoms with Gasteiger partial charge in [-0.3, -0.25) is 14.4 Å². The van der Waals surface area contributed by atoms with E-state index in [-0.39, 0.29) is 29.1 Å². The van der Waals surface area contributed by atoms with Crippen molar-refractivity contribution in [3.8, 4) is 0 Å². The lowest BCUT2D eigenvalue weighted by molar-refractivity contribution is -0.132. The molecule has 1 aliphatic heterocycles. The summed E-state index contributed by atoms with van der Waals surface area (Å²) in [5, 5.41) is 0.927. The molecule has 0 saturated heterocycles. The van der Waals surface area contributed by atoms with Gasteiger partial charge in [0.2, 0.25) is 5.91 Å². The summed E-state index contributed by atoms with van der Waals surface area (Å²) in [5.74, 6) is -0.556. The molecule has 1 aliphatic carbocycles. The molecule has 0 fully saturated rings. The van der Waals surface area contributed by atoms with Gasteiger partial charge in [-0.25, -0.2) is 0 Å². The molecule has 2 aliphatic rings. The van der Waals surface area contributed by atoms with E-state index in [0.717, 1.165) is 27.7 Å². The largest absolute Gasteiger partial charge is 0.311 e. The number of Topliss-reactive ketones (excluding diaryl/α,β-unsaturated/α-hetero) is 1.